The van der Waals surface area contributed by atoms with E-state index in [2.05, 4.69) is 5.32 Å². The summed E-state index contributed by atoms with van der Waals surface area (Å²) in [4.78, 5) is 26.3. The largest absolute Gasteiger partial charge is 0.465 e. The van der Waals surface area contributed by atoms with Gasteiger partial charge in [-0.2, -0.15) is 0 Å². The summed E-state index contributed by atoms with van der Waals surface area (Å²) in [5.41, 5.74) is 0.723. The van der Waals surface area contributed by atoms with E-state index in [1.54, 1.807) is 0 Å². The first-order chi connectivity index (χ1) is 10.7. The van der Waals surface area contributed by atoms with Crippen molar-refractivity contribution in [3.05, 3.63) is 35.9 Å². The standard InChI is InChI=1S/C17H22N2O3/c1-2-22-17(21)14-10-13-8-9-19(11-15(13)18-14)16(20)12-6-4-3-5-7-12/h3-7,13-15,18H,2,8-11H2,1H3. The Balaban J connectivity index is 1.62. The molecule has 1 amide bonds. The second-order valence-electron chi connectivity index (χ2n) is 5.98. The Kier molecular flexibility index (Phi) is 4.43. The molecule has 0 saturated carbocycles. The van der Waals surface area contributed by atoms with Crippen LogP contribution in [0, 0.1) is 5.92 Å². The van der Waals surface area contributed by atoms with Gasteiger partial charge in [0.1, 0.15) is 6.04 Å². The van der Waals surface area contributed by atoms with Gasteiger partial charge >= 0.3 is 5.97 Å². The van der Waals surface area contributed by atoms with Gasteiger partial charge in [-0.25, -0.2) is 0 Å². The molecular formula is C17H22N2O3. The molecule has 0 radical (unpaired) electrons. The normalized spacial score (nSPS) is 27.3. The van der Waals surface area contributed by atoms with Gasteiger partial charge in [0.25, 0.3) is 5.91 Å². The number of benzene rings is 1. The average molecular weight is 302 g/mol. The number of carbonyl (C=O) groups excluding carboxylic acids is 2. The lowest BCUT2D eigenvalue weighted by Gasteiger charge is -2.34. The number of nitrogens with one attached hydrogen (secondary N) is 1. The highest BCUT2D eigenvalue weighted by Gasteiger charge is 2.41. The van der Waals surface area contributed by atoms with Crippen LogP contribution in [0.2, 0.25) is 0 Å². The molecule has 1 aromatic carbocycles. The van der Waals surface area contributed by atoms with E-state index in [9.17, 15) is 9.59 Å². The third-order valence-electron chi connectivity index (χ3n) is 4.59. The maximum Gasteiger partial charge on any atom is 0.323 e. The predicted octanol–water partition coefficient (Wildman–Crippen LogP) is 1.44. The summed E-state index contributed by atoms with van der Waals surface area (Å²) in [6.07, 6.45) is 1.75. The summed E-state index contributed by atoms with van der Waals surface area (Å²) in [6, 6.07) is 9.33. The molecule has 3 rings (SSSR count). The van der Waals surface area contributed by atoms with Crippen molar-refractivity contribution >= 4 is 11.9 Å². The van der Waals surface area contributed by atoms with Crippen LogP contribution in [-0.4, -0.2) is 48.6 Å². The van der Waals surface area contributed by atoms with E-state index < -0.39 is 0 Å². The molecule has 5 heteroatoms. The summed E-state index contributed by atoms with van der Waals surface area (Å²) in [6.45, 7) is 3.64. The van der Waals surface area contributed by atoms with Gasteiger partial charge in [0, 0.05) is 24.7 Å². The van der Waals surface area contributed by atoms with E-state index in [-0.39, 0.29) is 24.0 Å². The molecule has 2 aliphatic heterocycles. The van der Waals surface area contributed by atoms with Crippen molar-refractivity contribution in [2.75, 3.05) is 19.7 Å². The third-order valence-corrected chi connectivity index (χ3v) is 4.59. The van der Waals surface area contributed by atoms with Gasteiger partial charge in [-0.05, 0) is 37.8 Å². The molecule has 2 heterocycles. The first kappa shape index (κ1) is 15.0. The van der Waals surface area contributed by atoms with Crippen molar-refractivity contribution < 1.29 is 14.3 Å². The second kappa shape index (κ2) is 6.48. The van der Waals surface area contributed by atoms with Crippen molar-refractivity contribution in [3.8, 4) is 0 Å². The van der Waals surface area contributed by atoms with E-state index in [0.29, 0.717) is 19.1 Å². The number of hydrogen-bond acceptors (Lipinski definition) is 4. The number of ether oxygens (including phenoxy) is 1. The molecule has 0 aliphatic carbocycles. The second-order valence-corrected chi connectivity index (χ2v) is 5.98. The summed E-state index contributed by atoms with van der Waals surface area (Å²) in [5, 5.41) is 3.35. The first-order valence-corrected chi connectivity index (χ1v) is 7.96. The van der Waals surface area contributed by atoms with E-state index in [1.165, 1.54) is 0 Å². The van der Waals surface area contributed by atoms with Crippen LogP contribution >= 0.6 is 0 Å². The van der Waals surface area contributed by atoms with Gasteiger partial charge in [0.15, 0.2) is 0 Å². The monoisotopic (exact) mass is 302 g/mol. The van der Waals surface area contributed by atoms with Crippen molar-refractivity contribution in [3.63, 3.8) is 0 Å². The summed E-state index contributed by atoms with van der Waals surface area (Å²) in [7, 11) is 0. The average Bonchev–Trinajstić information content (AvgIpc) is 2.98. The van der Waals surface area contributed by atoms with Crippen LogP contribution in [0.5, 0.6) is 0 Å². The van der Waals surface area contributed by atoms with Crippen molar-refractivity contribution in [2.24, 2.45) is 5.92 Å². The van der Waals surface area contributed by atoms with Crippen LogP contribution in [0.3, 0.4) is 0 Å². The first-order valence-electron chi connectivity index (χ1n) is 7.96. The lowest BCUT2D eigenvalue weighted by molar-refractivity contribution is -0.145. The fourth-order valence-electron chi connectivity index (χ4n) is 3.46. The summed E-state index contributed by atoms with van der Waals surface area (Å²) in [5.74, 6) is 0.354. The molecule has 118 valence electrons. The van der Waals surface area contributed by atoms with Crippen LogP contribution in [0.25, 0.3) is 0 Å². The van der Waals surface area contributed by atoms with Crippen molar-refractivity contribution in [1.29, 1.82) is 0 Å². The van der Waals surface area contributed by atoms with Crippen molar-refractivity contribution in [1.82, 2.24) is 10.2 Å². The fourth-order valence-corrected chi connectivity index (χ4v) is 3.46. The number of hydrogen-bond donors (Lipinski definition) is 1. The van der Waals surface area contributed by atoms with Crippen LogP contribution in [0.4, 0.5) is 0 Å². The molecule has 22 heavy (non-hydrogen) atoms. The van der Waals surface area contributed by atoms with Crippen LogP contribution in [0.15, 0.2) is 30.3 Å². The maximum absolute atomic E-state index is 12.5. The molecule has 3 atom stereocenters. The molecule has 0 bridgehead atoms. The smallest absolute Gasteiger partial charge is 0.323 e. The predicted molar refractivity (Wildman–Crippen MR) is 82.4 cm³/mol. The highest BCUT2D eigenvalue weighted by molar-refractivity contribution is 5.94. The Morgan fingerprint density at radius 2 is 2.09 bits per heavy atom. The van der Waals surface area contributed by atoms with Gasteiger partial charge in [0.05, 0.1) is 6.61 Å². The minimum Gasteiger partial charge on any atom is -0.465 e. The quantitative estimate of drug-likeness (QED) is 0.859. The zero-order valence-electron chi connectivity index (χ0n) is 12.8. The molecule has 1 aromatic rings. The molecule has 0 spiro atoms. The molecule has 2 saturated heterocycles. The van der Waals surface area contributed by atoms with Crippen LogP contribution in [-0.2, 0) is 9.53 Å². The molecule has 2 aliphatic rings. The minimum absolute atomic E-state index is 0.0698. The SMILES string of the molecule is CCOC(=O)C1CC2CCN(C(=O)c3ccccc3)CC2N1. The highest BCUT2D eigenvalue weighted by Crippen LogP contribution is 2.29. The van der Waals surface area contributed by atoms with Gasteiger partial charge in [-0.1, -0.05) is 18.2 Å². The Labute approximate surface area is 130 Å². The number of nitrogens with zero attached hydrogens (tertiary/aromatic N) is 1. The van der Waals surface area contributed by atoms with Gasteiger partial charge in [0.2, 0.25) is 0 Å². The van der Waals surface area contributed by atoms with Gasteiger partial charge < -0.3 is 9.64 Å². The Morgan fingerprint density at radius 1 is 1.32 bits per heavy atom. The van der Waals surface area contributed by atoms with Crippen LogP contribution in [0.1, 0.15) is 30.1 Å². The number of rotatable bonds is 3. The summed E-state index contributed by atoms with van der Waals surface area (Å²) >= 11 is 0. The number of likely N-dealkylation sites (tertiary alicyclic amines) is 1. The number of carbonyl (C=O) groups is 2. The van der Waals surface area contributed by atoms with E-state index in [0.717, 1.165) is 24.9 Å². The topological polar surface area (TPSA) is 58.6 Å². The molecular weight excluding hydrogens is 280 g/mol. The molecule has 5 nitrogen and oxygen atoms in total. The Morgan fingerprint density at radius 3 is 2.82 bits per heavy atom. The number of amides is 1. The zero-order chi connectivity index (χ0) is 15.5. The molecule has 3 unspecified atom stereocenters. The summed E-state index contributed by atoms with van der Waals surface area (Å²) < 4.78 is 5.09. The molecule has 1 N–H and O–H groups in total. The number of esters is 1. The van der Waals surface area contributed by atoms with E-state index in [1.807, 2.05) is 42.2 Å². The lowest BCUT2D eigenvalue weighted by atomic mass is 9.91. The maximum atomic E-state index is 12.5. The minimum atomic E-state index is -0.221. The molecule has 2 fully saturated rings. The van der Waals surface area contributed by atoms with E-state index >= 15 is 0 Å². The third kappa shape index (κ3) is 2.99. The number of fused-ring (bicyclic) bond motifs is 1. The van der Waals surface area contributed by atoms with Gasteiger partial charge in [-0.15, -0.1) is 0 Å². The fraction of sp³-hybridized carbons (Fsp3) is 0.529. The molecule has 0 aromatic heterocycles. The zero-order valence-corrected chi connectivity index (χ0v) is 12.8. The highest BCUT2D eigenvalue weighted by atomic mass is 16.5. The van der Waals surface area contributed by atoms with Crippen LogP contribution < -0.4 is 5.32 Å². The van der Waals surface area contributed by atoms with Gasteiger partial charge in [-0.3, -0.25) is 14.9 Å². The Hall–Kier alpha value is -1.88. The Bertz CT molecular complexity index is 546. The number of piperidine rings is 1. The van der Waals surface area contributed by atoms with E-state index in [4.69, 9.17) is 4.74 Å². The lowest BCUT2D eigenvalue weighted by Crippen LogP contribution is -2.50. The van der Waals surface area contributed by atoms with Crippen molar-refractivity contribution in [2.45, 2.75) is 31.8 Å².